The molecule has 0 unspecified atom stereocenters. The molecule has 0 amide bonds. The highest BCUT2D eigenvalue weighted by molar-refractivity contribution is 6.04. The number of ether oxygens (including phenoxy) is 2. The smallest absolute Gasteiger partial charge is 0.219 e. The Morgan fingerprint density at radius 2 is 0.898 bits per heavy atom. The second-order valence-electron chi connectivity index (χ2n) is 12.1. The first kappa shape index (κ1) is 30.0. The Bertz CT molecular complexity index is 2170. The fourth-order valence-corrected chi connectivity index (χ4v) is 6.51. The number of nitrogens with zero attached hydrogens (tertiary/aromatic N) is 2. The topological polar surface area (TPSA) is 55.2 Å². The van der Waals surface area contributed by atoms with E-state index in [1.54, 1.807) is 0 Å². The van der Waals surface area contributed by atoms with E-state index in [1.807, 2.05) is 115 Å². The Morgan fingerprint density at radius 1 is 0.469 bits per heavy atom. The Hall–Kier alpha value is -6.38. The Balaban J connectivity index is 1.17. The van der Waals surface area contributed by atoms with E-state index in [0.717, 1.165) is 50.3 Å². The van der Waals surface area contributed by atoms with Crippen molar-refractivity contribution in [3.8, 4) is 12.3 Å². The Kier molecular flexibility index (Phi) is 8.19. The number of nitrogens with one attached hydrogen (secondary N) is 1. The second kappa shape index (κ2) is 13.4. The first-order chi connectivity index (χ1) is 24.2. The zero-order valence-electron chi connectivity index (χ0n) is 26.7. The van der Waals surface area contributed by atoms with Gasteiger partial charge in [0.2, 0.25) is 11.8 Å². The summed E-state index contributed by atoms with van der Waals surface area (Å²) in [6, 6.07) is 54.6. The van der Waals surface area contributed by atoms with Gasteiger partial charge in [-0.15, -0.1) is 6.42 Å². The third kappa shape index (κ3) is 6.08. The van der Waals surface area contributed by atoms with Gasteiger partial charge in [-0.1, -0.05) is 139 Å². The van der Waals surface area contributed by atoms with Gasteiger partial charge >= 0.3 is 0 Å². The second-order valence-corrected chi connectivity index (χ2v) is 12.1. The van der Waals surface area contributed by atoms with Crippen LogP contribution in [0.5, 0.6) is 0 Å². The fourth-order valence-electron chi connectivity index (χ4n) is 6.51. The van der Waals surface area contributed by atoms with Crippen LogP contribution in [0.25, 0.3) is 0 Å². The molecule has 6 aromatic carbocycles. The minimum Gasteiger partial charge on any atom is -0.467 e. The molecule has 5 nitrogen and oxygen atoms in total. The molecule has 49 heavy (non-hydrogen) atoms. The van der Waals surface area contributed by atoms with E-state index < -0.39 is 0 Å². The summed E-state index contributed by atoms with van der Waals surface area (Å²) in [5, 5.41) is 3.67. The van der Waals surface area contributed by atoms with Crippen LogP contribution in [-0.2, 0) is 9.47 Å². The Labute approximate surface area is 286 Å². The molecule has 4 atom stereocenters. The lowest BCUT2D eigenvalue weighted by Gasteiger charge is -2.20. The number of anilines is 2. The quantitative estimate of drug-likeness (QED) is 0.169. The minimum atomic E-state index is -0.292. The van der Waals surface area contributed by atoms with Crippen molar-refractivity contribution in [2.75, 3.05) is 5.32 Å². The predicted octanol–water partition coefficient (Wildman–Crippen LogP) is 9.93. The van der Waals surface area contributed by atoms with Gasteiger partial charge in [0.05, 0.1) is 22.5 Å². The highest BCUT2D eigenvalue weighted by atomic mass is 16.5. The predicted molar refractivity (Wildman–Crippen MR) is 196 cm³/mol. The lowest BCUT2D eigenvalue weighted by Crippen LogP contribution is -2.12. The molecule has 0 aromatic heterocycles. The summed E-state index contributed by atoms with van der Waals surface area (Å²) in [6.07, 6.45) is 5.35. The monoisotopic (exact) mass is 635 g/mol. The van der Waals surface area contributed by atoms with Crippen molar-refractivity contribution in [2.24, 2.45) is 9.98 Å². The maximum absolute atomic E-state index is 6.73. The van der Waals surface area contributed by atoms with Crippen LogP contribution in [0.15, 0.2) is 174 Å². The van der Waals surface area contributed by atoms with E-state index >= 15 is 0 Å². The van der Waals surface area contributed by atoms with Crippen LogP contribution in [0.4, 0.5) is 11.4 Å². The van der Waals surface area contributed by atoms with Gasteiger partial charge in [-0.05, 0) is 52.6 Å². The van der Waals surface area contributed by atoms with Crippen LogP contribution in [0.2, 0.25) is 0 Å². The summed E-state index contributed by atoms with van der Waals surface area (Å²) in [5.74, 6) is 3.90. The van der Waals surface area contributed by atoms with E-state index in [-0.39, 0.29) is 24.3 Å². The van der Waals surface area contributed by atoms with Crippen LogP contribution in [0, 0.1) is 12.3 Å². The number of para-hydroxylation sites is 1. The van der Waals surface area contributed by atoms with Crippen molar-refractivity contribution < 1.29 is 9.47 Å². The first-order valence-corrected chi connectivity index (χ1v) is 16.4. The fraction of sp³-hybridized carbons (Fsp3) is 0.0909. The summed E-state index contributed by atoms with van der Waals surface area (Å²) in [5.41, 5.74) is 8.33. The molecular formula is C44H33N3O2. The van der Waals surface area contributed by atoms with Gasteiger partial charge in [0.15, 0.2) is 12.2 Å². The molecule has 0 saturated heterocycles. The largest absolute Gasteiger partial charge is 0.467 e. The highest BCUT2D eigenvalue weighted by Gasteiger charge is 2.36. The lowest BCUT2D eigenvalue weighted by molar-refractivity contribution is 0.197. The van der Waals surface area contributed by atoms with Crippen molar-refractivity contribution >= 4 is 23.2 Å². The van der Waals surface area contributed by atoms with E-state index in [9.17, 15) is 0 Å². The molecule has 2 aliphatic heterocycles. The molecular weight excluding hydrogens is 603 g/mol. The average molecular weight is 636 g/mol. The summed E-state index contributed by atoms with van der Waals surface area (Å²) >= 11 is 0. The molecule has 5 heteroatoms. The van der Waals surface area contributed by atoms with Crippen LogP contribution >= 0.6 is 0 Å². The Morgan fingerprint density at radius 3 is 1.41 bits per heavy atom. The summed E-state index contributed by atoms with van der Waals surface area (Å²) in [6.45, 7) is 0. The molecule has 0 spiro atoms. The van der Waals surface area contributed by atoms with Gasteiger partial charge in [-0.2, -0.15) is 0 Å². The molecule has 2 heterocycles. The van der Waals surface area contributed by atoms with Gasteiger partial charge in [0.1, 0.15) is 12.1 Å². The van der Waals surface area contributed by atoms with Gasteiger partial charge in [-0.3, -0.25) is 0 Å². The van der Waals surface area contributed by atoms with Crippen LogP contribution in [0.3, 0.4) is 0 Å². The maximum Gasteiger partial charge on any atom is 0.219 e. The van der Waals surface area contributed by atoms with Crippen molar-refractivity contribution in [3.63, 3.8) is 0 Å². The summed E-state index contributed by atoms with van der Waals surface area (Å²) < 4.78 is 13.4. The van der Waals surface area contributed by atoms with Gasteiger partial charge < -0.3 is 14.8 Å². The van der Waals surface area contributed by atoms with Crippen molar-refractivity contribution in [2.45, 2.75) is 24.3 Å². The van der Waals surface area contributed by atoms with E-state index in [4.69, 9.17) is 25.9 Å². The number of benzene rings is 6. The standard InChI is InChI=1S/C44H33N3O2/c1-2-30-27-28-38(36(29-30)44-47-40(32-19-9-4-10-20-32)42(49-44)34-23-13-6-14-24-34)45-37-26-16-15-25-35(37)43-46-39(31-17-7-3-8-18-31)41(48-43)33-21-11-5-12-22-33/h1,3-29,39-42,45H/t39-,40-,41-,42-/m0/s1. The van der Waals surface area contributed by atoms with Gasteiger partial charge in [0, 0.05) is 5.56 Å². The van der Waals surface area contributed by atoms with Crippen LogP contribution < -0.4 is 5.32 Å². The zero-order chi connectivity index (χ0) is 33.0. The lowest BCUT2D eigenvalue weighted by atomic mass is 9.97. The molecule has 6 aromatic rings. The third-order valence-electron chi connectivity index (χ3n) is 8.95. The molecule has 1 N–H and O–H groups in total. The number of aliphatic imine (C=N–C) groups is 2. The van der Waals surface area contributed by atoms with Crippen molar-refractivity contribution in [1.82, 2.24) is 0 Å². The molecule has 0 radical (unpaired) electrons. The summed E-state index contributed by atoms with van der Waals surface area (Å²) in [4.78, 5) is 10.4. The average Bonchev–Trinajstić information content (AvgIpc) is 3.83. The minimum absolute atomic E-state index is 0.191. The molecule has 0 fully saturated rings. The number of hydrogen-bond acceptors (Lipinski definition) is 5. The number of hydrogen-bond donors (Lipinski definition) is 1. The number of rotatable bonds is 8. The van der Waals surface area contributed by atoms with Crippen molar-refractivity contribution in [3.05, 3.63) is 203 Å². The molecule has 2 aliphatic rings. The van der Waals surface area contributed by atoms with Crippen molar-refractivity contribution in [1.29, 1.82) is 0 Å². The summed E-state index contributed by atoms with van der Waals surface area (Å²) in [7, 11) is 0. The normalized spacial score (nSPS) is 19.6. The molecule has 0 bridgehead atoms. The van der Waals surface area contributed by atoms with E-state index in [0.29, 0.717) is 11.8 Å². The first-order valence-electron chi connectivity index (χ1n) is 16.4. The molecule has 0 saturated carbocycles. The van der Waals surface area contributed by atoms with Crippen LogP contribution in [0.1, 0.15) is 63.2 Å². The van der Waals surface area contributed by atoms with Crippen LogP contribution in [-0.4, -0.2) is 11.8 Å². The van der Waals surface area contributed by atoms with E-state index in [2.05, 4.69) is 59.8 Å². The molecule has 236 valence electrons. The number of terminal acetylenes is 1. The third-order valence-corrected chi connectivity index (χ3v) is 8.95. The molecule has 0 aliphatic carbocycles. The van der Waals surface area contributed by atoms with Gasteiger partial charge in [0.25, 0.3) is 0 Å². The highest BCUT2D eigenvalue weighted by Crippen LogP contribution is 2.44. The SMILES string of the molecule is C#Cc1ccc(Nc2ccccc2C2=N[C@@H](c3ccccc3)[C@H](c3ccccc3)O2)c(C2=N[C@@H](c3ccccc3)[C@H](c3ccccc3)O2)c1. The maximum atomic E-state index is 6.73. The molecule has 8 rings (SSSR count). The van der Waals surface area contributed by atoms with E-state index in [1.165, 1.54) is 0 Å². The van der Waals surface area contributed by atoms with Gasteiger partial charge in [-0.25, -0.2) is 9.98 Å². The zero-order valence-corrected chi connectivity index (χ0v) is 26.7.